The second-order valence-corrected chi connectivity index (χ2v) is 7.13. The van der Waals surface area contributed by atoms with Gasteiger partial charge >= 0.3 is 6.03 Å². The first-order valence-corrected chi connectivity index (χ1v) is 9.05. The molecule has 3 N–H and O–H groups in total. The van der Waals surface area contributed by atoms with E-state index in [4.69, 9.17) is 4.74 Å². The normalized spacial score (nSPS) is 25.1. The van der Waals surface area contributed by atoms with Crippen molar-refractivity contribution in [3.05, 3.63) is 30.5 Å². The molecule has 1 spiro atoms. The first-order valence-electron chi connectivity index (χ1n) is 9.05. The number of urea groups is 1. The Labute approximate surface area is 147 Å². The first-order chi connectivity index (χ1) is 12.1. The van der Waals surface area contributed by atoms with Crippen LogP contribution >= 0.6 is 0 Å². The standard InChI is InChI=1S/C19H25N3O3/c1-2-25-17-12-16(23)19(17)6-9-22(10-7-19)18(24)21-14-3-4-15-13(11-14)5-8-20-15/h3-5,8,11,16-17,20,23H,2,6-7,9-10,12H2,1H3,(H,21,24)/t16-,17-/m0/s1. The second-order valence-electron chi connectivity index (χ2n) is 7.13. The Morgan fingerprint density at radius 1 is 1.40 bits per heavy atom. The van der Waals surface area contributed by atoms with Gasteiger partial charge in [0.15, 0.2) is 0 Å². The minimum absolute atomic E-state index is 0.0773. The van der Waals surface area contributed by atoms with Gasteiger partial charge in [-0.25, -0.2) is 4.79 Å². The molecule has 4 rings (SSSR count). The van der Waals surface area contributed by atoms with E-state index in [1.54, 1.807) is 0 Å². The van der Waals surface area contributed by atoms with Gasteiger partial charge in [-0.1, -0.05) is 0 Å². The summed E-state index contributed by atoms with van der Waals surface area (Å²) in [6.07, 6.45) is 4.03. The summed E-state index contributed by atoms with van der Waals surface area (Å²) in [4.78, 5) is 17.5. The summed E-state index contributed by atoms with van der Waals surface area (Å²) in [6.45, 7) is 3.96. The fraction of sp³-hybridized carbons (Fsp3) is 0.526. The zero-order valence-corrected chi connectivity index (χ0v) is 14.5. The number of fused-ring (bicyclic) bond motifs is 1. The van der Waals surface area contributed by atoms with Crippen LogP contribution in [-0.4, -0.2) is 52.9 Å². The lowest BCUT2D eigenvalue weighted by molar-refractivity contribution is -0.207. The number of carbonyl (C=O) groups excluding carboxylic acids is 1. The molecule has 2 atom stereocenters. The number of aliphatic hydroxyl groups is 1. The van der Waals surface area contributed by atoms with Crippen LogP contribution in [0, 0.1) is 5.41 Å². The maximum atomic E-state index is 12.6. The molecule has 0 unspecified atom stereocenters. The second kappa shape index (κ2) is 6.35. The number of piperidine rings is 1. The largest absolute Gasteiger partial charge is 0.392 e. The van der Waals surface area contributed by atoms with Gasteiger partial charge in [-0.05, 0) is 44.0 Å². The van der Waals surface area contributed by atoms with Gasteiger partial charge in [0.1, 0.15) is 0 Å². The highest BCUT2D eigenvalue weighted by atomic mass is 16.5. The highest BCUT2D eigenvalue weighted by molar-refractivity contribution is 5.92. The van der Waals surface area contributed by atoms with Crippen molar-refractivity contribution in [2.24, 2.45) is 5.41 Å². The zero-order valence-electron chi connectivity index (χ0n) is 14.5. The Bertz CT molecular complexity index is 762. The van der Waals surface area contributed by atoms with Gasteiger partial charge in [0.05, 0.1) is 12.2 Å². The molecule has 25 heavy (non-hydrogen) atoms. The molecular formula is C19H25N3O3. The average molecular weight is 343 g/mol. The smallest absolute Gasteiger partial charge is 0.321 e. The van der Waals surface area contributed by atoms with E-state index in [2.05, 4.69) is 10.3 Å². The number of rotatable bonds is 3. The van der Waals surface area contributed by atoms with Crippen LogP contribution in [0.2, 0.25) is 0 Å². The minimum atomic E-state index is -0.301. The number of hydrogen-bond donors (Lipinski definition) is 3. The number of aliphatic hydroxyl groups excluding tert-OH is 1. The topological polar surface area (TPSA) is 77.6 Å². The van der Waals surface area contributed by atoms with Crippen molar-refractivity contribution in [2.45, 2.75) is 38.4 Å². The molecule has 2 fully saturated rings. The Morgan fingerprint density at radius 2 is 2.20 bits per heavy atom. The number of nitrogens with one attached hydrogen (secondary N) is 2. The highest BCUT2D eigenvalue weighted by Gasteiger charge is 2.56. The summed E-state index contributed by atoms with van der Waals surface area (Å²) >= 11 is 0. The van der Waals surface area contributed by atoms with Crippen LogP contribution in [-0.2, 0) is 4.74 Å². The monoisotopic (exact) mass is 343 g/mol. The molecule has 0 radical (unpaired) electrons. The number of aromatic amines is 1. The van der Waals surface area contributed by atoms with E-state index >= 15 is 0 Å². The maximum Gasteiger partial charge on any atom is 0.321 e. The summed E-state index contributed by atoms with van der Waals surface area (Å²) in [5, 5.41) is 14.3. The number of anilines is 1. The lowest BCUT2D eigenvalue weighted by Crippen LogP contribution is -2.63. The van der Waals surface area contributed by atoms with Crippen molar-refractivity contribution in [1.82, 2.24) is 9.88 Å². The number of hydrogen-bond acceptors (Lipinski definition) is 3. The minimum Gasteiger partial charge on any atom is -0.392 e. The third kappa shape index (κ3) is 2.79. The molecule has 1 aliphatic carbocycles. The number of aromatic nitrogens is 1. The van der Waals surface area contributed by atoms with E-state index in [0.717, 1.165) is 35.9 Å². The molecule has 6 nitrogen and oxygen atoms in total. The highest BCUT2D eigenvalue weighted by Crippen LogP contribution is 2.50. The van der Waals surface area contributed by atoms with Crippen LogP contribution in [0.15, 0.2) is 30.5 Å². The Balaban J connectivity index is 1.38. The van der Waals surface area contributed by atoms with E-state index < -0.39 is 0 Å². The number of likely N-dealkylation sites (tertiary alicyclic amines) is 1. The van der Waals surface area contributed by atoms with Crippen LogP contribution in [0.4, 0.5) is 10.5 Å². The molecule has 1 aliphatic heterocycles. The number of benzene rings is 1. The molecule has 6 heteroatoms. The molecule has 2 amide bonds. The quantitative estimate of drug-likeness (QED) is 0.802. The van der Waals surface area contributed by atoms with E-state index in [0.29, 0.717) is 19.7 Å². The van der Waals surface area contributed by atoms with Crippen LogP contribution in [0.1, 0.15) is 26.2 Å². The molecule has 1 saturated carbocycles. The number of ether oxygens (including phenoxy) is 1. The van der Waals surface area contributed by atoms with Crippen molar-refractivity contribution >= 4 is 22.6 Å². The fourth-order valence-electron chi connectivity index (χ4n) is 4.28. The third-order valence-corrected chi connectivity index (χ3v) is 5.90. The fourth-order valence-corrected chi connectivity index (χ4v) is 4.28. The molecule has 2 aromatic rings. The summed E-state index contributed by atoms with van der Waals surface area (Å²) in [6, 6.07) is 7.75. The number of H-pyrrole nitrogens is 1. The van der Waals surface area contributed by atoms with E-state index in [9.17, 15) is 9.90 Å². The van der Waals surface area contributed by atoms with Gasteiger partial charge in [-0.15, -0.1) is 0 Å². The van der Waals surface area contributed by atoms with Crippen molar-refractivity contribution < 1.29 is 14.6 Å². The lowest BCUT2D eigenvalue weighted by atomic mass is 9.58. The summed E-state index contributed by atoms with van der Waals surface area (Å²) in [5.41, 5.74) is 1.70. The summed E-state index contributed by atoms with van der Waals surface area (Å²) in [7, 11) is 0. The van der Waals surface area contributed by atoms with Crippen molar-refractivity contribution in [1.29, 1.82) is 0 Å². The van der Waals surface area contributed by atoms with Gasteiger partial charge in [0, 0.05) is 54.3 Å². The van der Waals surface area contributed by atoms with E-state index in [-0.39, 0.29) is 23.7 Å². The number of amides is 2. The van der Waals surface area contributed by atoms with Crippen molar-refractivity contribution in [2.75, 3.05) is 25.0 Å². The van der Waals surface area contributed by atoms with Crippen molar-refractivity contribution in [3.8, 4) is 0 Å². The van der Waals surface area contributed by atoms with E-state index in [1.807, 2.05) is 42.3 Å². The predicted octanol–water partition coefficient (Wildman–Crippen LogP) is 2.95. The SMILES string of the molecule is CCO[C@H]1C[C@H](O)C12CCN(C(=O)Nc1ccc3[nH]ccc3c1)CC2. The Kier molecular flexibility index (Phi) is 4.17. The Morgan fingerprint density at radius 3 is 2.92 bits per heavy atom. The zero-order chi connectivity index (χ0) is 17.4. The van der Waals surface area contributed by atoms with Gasteiger partial charge in [-0.2, -0.15) is 0 Å². The summed E-state index contributed by atoms with van der Waals surface area (Å²) in [5.74, 6) is 0. The molecule has 0 bridgehead atoms. The molecular weight excluding hydrogens is 318 g/mol. The van der Waals surface area contributed by atoms with Gasteiger partial charge < -0.3 is 25.0 Å². The third-order valence-electron chi connectivity index (χ3n) is 5.90. The lowest BCUT2D eigenvalue weighted by Gasteiger charge is -2.56. The number of carbonyl (C=O) groups is 1. The Hall–Kier alpha value is -2.05. The summed E-state index contributed by atoms with van der Waals surface area (Å²) < 4.78 is 5.78. The van der Waals surface area contributed by atoms with Crippen LogP contribution in [0.5, 0.6) is 0 Å². The van der Waals surface area contributed by atoms with Gasteiger partial charge in [0.2, 0.25) is 0 Å². The van der Waals surface area contributed by atoms with Crippen LogP contribution in [0.3, 0.4) is 0 Å². The molecule has 1 aromatic heterocycles. The van der Waals surface area contributed by atoms with Gasteiger partial charge in [-0.3, -0.25) is 0 Å². The molecule has 1 saturated heterocycles. The molecule has 134 valence electrons. The number of nitrogens with zero attached hydrogens (tertiary/aromatic N) is 1. The average Bonchev–Trinajstić information content (AvgIpc) is 3.09. The molecule has 2 heterocycles. The molecule has 2 aliphatic rings. The van der Waals surface area contributed by atoms with Crippen molar-refractivity contribution in [3.63, 3.8) is 0 Å². The first kappa shape index (κ1) is 16.4. The molecule has 1 aromatic carbocycles. The van der Waals surface area contributed by atoms with E-state index in [1.165, 1.54) is 0 Å². The maximum absolute atomic E-state index is 12.6. The van der Waals surface area contributed by atoms with Crippen LogP contribution in [0.25, 0.3) is 10.9 Å². The predicted molar refractivity (Wildman–Crippen MR) is 96.6 cm³/mol. The van der Waals surface area contributed by atoms with Gasteiger partial charge in [0.25, 0.3) is 0 Å². The van der Waals surface area contributed by atoms with Crippen LogP contribution < -0.4 is 5.32 Å².